The van der Waals surface area contributed by atoms with E-state index in [4.69, 9.17) is 0 Å². The van der Waals surface area contributed by atoms with Gasteiger partial charge in [0.15, 0.2) is 0 Å². The molecule has 0 aliphatic rings. The highest BCUT2D eigenvalue weighted by Gasteiger charge is 2.06. The van der Waals surface area contributed by atoms with E-state index in [2.05, 4.69) is 10.6 Å². The Labute approximate surface area is 95.1 Å². The average Bonchev–Trinajstić information content (AvgIpc) is 2.25. The highest BCUT2D eigenvalue weighted by Crippen LogP contribution is 2.13. The molecule has 90 valence electrons. The molecule has 0 heterocycles. The van der Waals surface area contributed by atoms with Crippen molar-refractivity contribution in [3.05, 3.63) is 34.9 Å². The summed E-state index contributed by atoms with van der Waals surface area (Å²) in [4.78, 5) is 0. The third-order valence-electron chi connectivity index (χ3n) is 2.42. The third-order valence-corrected chi connectivity index (χ3v) is 2.42. The molecule has 1 rings (SSSR count). The van der Waals surface area contributed by atoms with E-state index in [1.807, 2.05) is 7.05 Å². The maximum atomic E-state index is 13.3. The highest BCUT2D eigenvalue weighted by molar-refractivity contribution is 5.25. The second-order valence-corrected chi connectivity index (χ2v) is 3.83. The molecule has 0 aliphatic carbocycles. The van der Waals surface area contributed by atoms with Gasteiger partial charge in [0.05, 0.1) is 0 Å². The lowest BCUT2D eigenvalue weighted by Crippen LogP contribution is -2.20. The first kappa shape index (κ1) is 13.1. The van der Waals surface area contributed by atoms with E-state index in [0.29, 0.717) is 17.7 Å². The lowest BCUT2D eigenvalue weighted by Gasteiger charge is -2.07. The van der Waals surface area contributed by atoms with Gasteiger partial charge in [0.25, 0.3) is 0 Å². The monoisotopic (exact) mass is 228 g/mol. The summed E-state index contributed by atoms with van der Waals surface area (Å²) in [7, 11) is 1.89. The summed E-state index contributed by atoms with van der Waals surface area (Å²) >= 11 is 0. The molecule has 0 radical (unpaired) electrons. The average molecular weight is 228 g/mol. The van der Waals surface area contributed by atoms with Crippen LogP contribution in [-0.2, 0) is 6.54 Å². The quantitative estimate of drug-likeness (QED) is 0.727. The van der Waals surface area contributed by atoms with Crippen molar-refractivity contribution in [3.8, 4) is 0 Å². The molecule has 4 heteroatoms. The first-order chi connectivity index (χ1) is 7.65. The van der Waals surface area contributed by atoms with Gasteiger partial charge in [-0.05, 0) is 45.1 Å². The summed E-state index contributed by atoms with van der Waals surface area (Å²) in [6, 6.07) is 2.50. The summed E-state index contributed by atoms with van der Waals surface area (Å²) in [6.07, 6.45) is 0.984. The van der Waals surface area contributed by atoms with Crippen molar-refractivity contribution < 1.29 is 8.78 Å². The predicted octanol–water partition coefficient (Wildman–Crippen LogP) is 1.97. The molecule has 1 aromatic carbocycles. The van der Waals surface area contributed by atoms with Crippen LogP contribution in [0.4, 0.5) is 8.78 Å². The Morgan fingerprint density at radius 2 is 1.88 bits per heavy atom. The van der Waals surface area contributed by atoms with Crippen LogP contribution in [0.2, 0.25) is 0 Å². The maximum Gasteiger partial charge on any atom is 0.130 e. The number of nitrogens with one attached hydrogen (secondary N) is 2. The van der Waals surface area contributed by atoms with Gasteiger partial charge >= 0.3 is 0 Å². The van der Waals surface area contributed by atoms with Crippen LogP contribution in [-0.4, -0.2) is 20.1 Å². The van der Waals surface area contributed by atoms with Gasteiger partial charge in [-0.1, -0.05) is 0 Å². The van der Waals surface area contributed by atoms with E-state index in [1.165, 1.54) is 0 Å². The van der Waals surface area contributed by atoms with Crippen molar-refractivity contribution in [3.63, 3.8) is 0 Å². The number of halogens is 2. The number of rotatable bonds is 6. The number of benzene rings is 1. The van der Waals surface area contributed by atoms with Crippen LogP contribution in [0.25, 0.3) is 0 Å². The Hall–Kier alpha value is -1.00. The molecular formula is C12H18F2N2. The van der Waals surface area contributed by atoms with Crippen molar-refractivity contribution >= 4 is 0 Å². The van der Waals surface area contributed by atoms with Crippen LogP contribution in [0.1, 0.15) is 17.5 Å². The maximum absolute atomic E-state index is 13.3. The van der Waals surface area contributed by atoms with Crippen molar-refractivity contribution in [1.82, 2.24) is 10.6 Å². The van der Waals surface area contributed by atoms with E-state index in [0.717, 1.165) is 25.6 Å². The van der Waals surface area contributed by atoms with Gasteiger partial charge < -0.3 is 10.6 Å². The molecule has 16 heavy (non-hydrogen) atoms. The SMILES string of the molecule is CNCCCNCc1cc(C)c(F)cc1F. The molecule has 2 N–H and O–H groups in total. The molecule has 2 nitrogen and oxygen atoms in total. The molecular weight excluding hydrogens is 210 g/mol. The van der Waals surface area contributed by atoms with Gasteiger partial charge in [0.1, 0.15) is 11.6 Å². The summed E-state index contributed by atoms with van der Waals surface area (Å²) in [6.45, 7) is 3.82. The van der Waals surface area contributed by atoms with Gasteiger partial charge in [-0.25, -0.2) is 8.78 Å². The second kappa shape index (κ2) is 6.55. The summed E-state index contributed by atoms with van der Waals surface area (Å²) in [5, 5.41) is 6.15. The Bertz CT molecular complexity index is 340. The molecule has 0 aliphatic heterocycles. The summed E-state index contributed by atoms with van der Waals surface area (Å²) in [5.41, 5.74) is 0.997. The van der Waals surface area contributed by atoms with Crippen LogP contribution < -0.4 is 10.6 Å². The van der Waals surface area contributed by atoms with Gasteiger partial charge in [-0.3, -0.25) is 0 Å². The van der Waals surface area contributed by atoms with E-state index in [-0.39, 0.29) is 0 Å². The zero-order chi connectivity index (χ0) is 12.0. The van der Waals surface area contributed by atoms with Crippen LogP contribution in [0.15, 0.2) is 12.1 Å². The molecule has 0 saturated carbocycles. The van der Waals surface area contributed by atoms with E-state index in [1.54, 1.807) is 13.0 Å². The fourth-order valence-electron chi connectivity index (χ4n) is 1.47. The lowest BCUT2D eigenvalue weighted by atomic mass is 10.1. The number of hydrogen-bond acceptors (Lipinski definition) is 2. The second-order valence-electron chi connectivity index (χ2n) is 3.83. The molecule has 0 spiro atoms. The standard InChI is InChI=1S/C12H18F2N2/c1-9-6-10(12(14)7-11(9)13)8-16-5-3-4-15-2/h6-7,15-16H,3-5,8H2,1-2H3. The van der Waals surface area contributed by atoms with Crippen LogP contribution in [0, 0.1) is 18.6 Å². The summed E-state index contributed by atoms with van der Waals surface area (Å²) < 4.78 is 26.3. The number of aryl methyl sites for hydroxylation is 1. The minimum Gasteiger partial charge on any atom is -0.320 e. The molecule has 0 fully saturated rings. The first-order valence-corrected chi connectivity index (χ1v) is 5.45. The predicted molar refractivity (Wildman–Crippen MR) is 61.3 cm³/mol. The van der Waals surface area contributed by atoms with Gasteiger partial charge in [0, 0.05) is 18.2 Å². The third kappa shape index (κ3) is 3.87. The lowest BCUT2D eigenvalue weighted by molar-refractivity contribution is 0.551. The zero-order valence-electron chi connectivity index (χ0n) is 9.74. The smallest absolute Gasteiger partial charge is 0.130 e. The Morgan fingerprint density at radius 3 is 2.56 bits per heavy atom. The van der Waals surface area contributed by atoms with E-state index >= 15 is 0 Å². The van der Waals surface area contributed by atoms with E-state index in [9.17, 15) is 8.78 Å². The highest BCUT2D eigenvalue weighted by atomic mass is 19.1. The first-order valence-electron chi connectivity index (χ1n) is 5.45. The van der Waals surface area contributed by atoms with Gasteiger partial charge in [-0.15, -0.1) is 0 Å². The molecule has 0 saturated heterocycles. The fourth-order valence-corrected chi connectivity index (χ4v) is 1.47. The van der Waals surface area contributed by atoms with Gasteiger partial charge in [-0.2, -0.15) is 0 Å². The molecule has 0 bridgehead atoms. The molecule has 1 aromatic rings. The Morgan fingerprint density at radius 1 is 1.12 bits per heavy atom. The molecule has 0 atom stereocenters. The van der Waals surface area contributed by atoms with E-state index < -0.39 is 11.6 Å². The molecule has 0 unspecified atom stereocenters. The van der Waals surface area contributed by atoms with Crippen molar-refractivity contribution in [2.75, 3.05) is 20.1 Å². The minimum absolute atomic E-state index is 0.441. The normalized spacial score (nSPS) is 10.8. The van der Waals surface area contributed by atoms with Crippen molar-refractivity contribution in [2.24, 2.45) is 0 Å². The molecule has 0 aromatic heterocycles. The minimum atomic E-state index is -0.489. The van der Waals surface area contributed by atoms with Gasteiger partial charge in [0.2, 0.25) is 0 Å². The van der Waals surface area contributed by atoms with Crippen LogP contribution in [0.3, 0.4) is 0 Å². The van der Waals surface area contributed by atoms with Crippen molar-refractivity contribution in [2.45, 2.75) is 19.9 Å². The summed E-state index contributed by atoms with van der Waals surface area (Å²) in [5.74, 6) is -0.972. The van der Waals surface area contributed by atoms with Crippen molar-refractivity contribution in [1.29, 1.82) is 0 Å². The van der Waals surface area contributed by atoms with Crippen LogP contribution in [0.5, 0.6) is 0 Å². The van der Waals surface area contributed by atoms with Crippen LogP contribution >= 0.6 is 0 Å². The Kier molecular flexibility index (Phi) is 5.35. The number of hydrogen-bond donors (Lipinski definition) is 2. The topological polar surface area (TPSA) is 24.1 Å². The zero-order valence-corrected chi connectivity index (χ0v) is 9.74. The Balaban J connectivity index is 2.45. The molecule has 0 amide bonds. The fraction of sp³-hybridized carbons (Fsp3) is 0.500. The largest absolute Gasteiger partial charge is 0.320 e.